The van der Waals surface area contributed by atoms with Crippen LogP contribution in [-0.4, -0.2) is 43.0 Å². The summed E-state index contributed by atoms with van der Waals surface area (Å²) in [4.78, 5) is 31.9. The minimum Gasteiger partial charge on any atom is -0.468 e. The SMILES string of the molecule is COC(=O)C(C)(C)c1nnc(-c2nn(Cc3cccc(F)c3F)c3nc(C)ccc23)[nH]c1=O. The number of carbonyl (C=O) groups excluding carboxylic acids is 1. The smallest absolute Gasteiger partial charge is 0.317 e. The predicted octanol–water partition coefficient (Wildman–Crippen LogP) is 2.66. The number of aromatic nitrogens is 6. The molecule has 0 aliphatic rings. The van der Waals surface area contributed by atoms with Gasteiger partial charge in [-0.2, -0.15) is 5.10 Å². The number of rotatable bonds is 5. The Morgan fingerprint density at radius 1 is 1.18 bits per heavy atom. The van der Waals surface area contributed by atoms with Gasteiger partial charge in [-0.3, -0.25) is 9.59 Å². The molecule has 0 unspecified atom stereocenters. The molecule has 3 aromatic heterocycles. The van der Waals surface area contributed by atoms with Gasteiger partial charge in [0.1, 0.15) is 16.8 Å². The van der Waals surface area contributed by atoms with Crippen molar-refractivity contribution in [2.45, 2.75) is 32.7 Å². The van der Waals surface area contributed by atoms with Crippen LogP contribution >= 0.6 is 0 Å². The lowest BCUT2D eigenvalue weighted by Crippen LogP contribution is -2.38. The van der Waals surface area contributed by atoms with Crippen LogP contribution in [0.25, 0.3) is 22.6 Å². The van der Waals surface area contributed by atoms with Crippen LogP contribution in [0.15, 0.2) is 35.1 Å². The number of pyridine rings is 1. The number of methoxy groups -OCH3 is 1. The maximum Gasteiger partial charge on any atom is 0.317 e. The minimum atomic E-state index is -1.32. The molecule has 0 atom stereocenters. The molecule has 4 aromatic rings. The Kier molecular flexibility index (Phi) is 5.48. The molecule has 9 nitrogen and oxygen atoms in total. The van der Waals surface area contributed by atoms with E-state index in [2.05, 4.69) is 25.3 Å². The summed E-state index contributed by atoms with van der Waals surface area (Å²) in [7, 11) is 1.22. The fraction of sp³-hybridized carbons (Fsp3) is 0.273. The largest absolute Gasteiger partial charge is 0.468 e. The number of H-pyrrole nitrogens is 1. The molecule has 0 saturated heterocycles. The zero-order chi connectivity index (χ0) is 23.9. The number of benzene rings is 1. The van der Waals surface area contributed by atoms with Crippen LogP contribution in [0.3, 0.4) is 0 Å². The molecule has 170 valence electrons. The van der Waals surface area contributed by atoms with E-state index in [4.69, 9.17) is 4.74 Å². The molecule has 0 amide bonds. The number of ether oxygens (including phenoxy) is 1. The van der Waals surface area contributed by atoms with E-state index < -0.39 is 28.6 Å². The highest BCUT2D eigenvalue weighted by molar-refractivity contribution is 5.89. The third kappa shape index (κ3) is 3.86. The second kappa shape index (κ2) is 8.15. The highest BCUT2D eigenvalue weighted by Crippen LogP contribution is 2.26. The first-order valence-electron chi connectivity index (χ1n) is 9.96. The molecule has 11 heteroatoms. The molecule has 33 heavy (non-hydrogen) atoms. The second-order valence-corrected chi connectivity index (χ2v) is 8.01. The molecule has 0 bridgehead atoms. The van der Waals surface area contributed by atoms with Crippen LogP contribution in [0.5, 0.6) is 0 Å². The van der Waals surface area contributed by atoms with E-state index in [1.807, 2.05) is 0 Å². The van der Waals surface area contributed by atoms with Crippen molar-refractivity contribution >= 4 is 17.0 Å². The van der Waals surface area contributed by atoms with Crippen molar-refractivity contribution in [3.05, 3.63) is 69.3 Å². The summed E-state index contributed by atoms with van der Waals surface area (Å²) in [6, 6.07) is 7.38. The normalized spacial score (nSPS) is 11.7. The molecular formula is C22H20F2N6O3. The third-order valence-electron chi connectivity index (χ3n) is 5.30. The van der Waals surface area contributed by atoms with Gasteiger partial charge < -0.3 is 9.72 Å². The number of hydrogen-bond donors (Lipinski definition) is 1. The van der Waals surface area contributed by atoms with Crippen molar-refractivity contribution in [2.24, 2.45) is 0 Å². The van der Waals surface area contributed by atoms with Gasteiger partial charge in [0, 0.05) is 11.3 Å². The molecule has 0 aliphatic carbocycles. The predicted molar refractivity (Wildman–Crippen MR) is 114 cm³/mol. The van der Waals surface area contributed by atoms with E-state index in [1.165, 1.54) is 37.8 Å². The van der Waals surface area contributed by atoms with Crippen LogP contribution in [0.1, 0.15) is 30.8 Å². The Bertz CT molecular complexity index is 1440. The monoisotopic (exact) mass is 454 g/mol. The van der Waals surface area contributed by atoms with Crippen LogP contribution in [-0.2, 0) is 21.5 Å². The molecule has 0 saturated carbocycles. The van der Waals surface area contributed by atoms with Gasteiger partial charge in [0.25, 0.3) is 5.56 Å². The number of esters is 1. The molecule has 1 aromatic carbocycles. The number of hydrogen-bond acceptors (Lipinski definition) is 7. The summed E-state index contributed by atoms with van der Waals surface area (Å²) in [5.74, 6) is -2.54. The Balaban J connectivity index is 1.84. The molecular weight excluding hydrogens is 434 g/mol. The molecule has 0 spiro atoms. The Morgan fingerprint density at radius 3 is 2.64 bits per heavy atom. The lowest BCUT2D eigenvalue weighted by Gasteiger charge is -2.18. The van der Waals surface area contributed by atoms with Crippen molar-refractivity contribution in [2.75, 3.05) is 7.11 Å². The van der Waals surface area contributed by atoms with Gasteiger partial charge in [0.05, 0.1) is 19.0 Å². The van der Waals surface area contributed by atoms with Gasteiger partial charge in [-0.05, 0) is 39.0 Å². The number of nitrogens with zero attached hydrogens (tertiary/aromatic N) is 5. The van der Waals surface area contributed by atoms with E-state index >= 15 is 0 Å². The number of carbonyl (C=O) groups is 1. The van der Waals surface area contributed by atoms with Crippen molar-refractivity contribution in [1.82, 2.24) is 29.9 Å². The molecule has 0 aliphatic heterocycles. The number of fused-ring (bicyclic) bond motifs is 1. The van der Waals surface area contributed by atoms with E-state index in [-0.39, 0.29) is 29.3 Å². The van der Waals surface area contributed by atoms with Crippen LogP contribution in [0, 0.1) is 18.6 Å². The fourth-order valence-electron chi connectivity index (χ4n) is 3.47. The van der Waals surface area contributed by atoms with Crippen LogP contribution in [0.4, 0.5) is 8.78 Å². The summed E-state index contributed by atoms with van der Waals surface area (Å²) >= 11 is 0. The van der Waals surface area contributed by atoms with Gasteiger partial charge in [0.2, 0.25) is 0 Å². The van der Waals surface area contributed by atoms with E-state index in [9.17, 15) is 18.4 Å². The van der Waals surface area contributed by atoms with Crippen molar-refractivity contribution in [3.8, 4) is 11.5 Å². The summed E-state index contributed by atoms with van der Waals surface area (Å²) in [5, 5.41) is 13.0. The van der Waals surface area contributed by atoms with Crippen molar-refractivity contribution in [1.29, 1.82) is 0 Å². The topological polar surface area (TPSA) is 116 Å². The van der Waals surface area contributed by atoms with Gasteiger partial charge in [-0.25, -0.2) is 18.4 Å². The highest BCUT2D eigenvalue weighted by atomic mass is 19.2. The highest BCUT2D eigenvalue weighted by Gasteiger charge is 2.36. The summed E-state index contributed by atoms with van der Waals surface area (Å²) in [6.07, 6.45) is 0. The molecule has 1 N–H and O–H groups in total. The lowest BCUT2D eigenvalue weighted by atomic mass is 9.90. The number of nitrogens with one attached hydrogen (secondary N) is 1. The van der Waals surface area contributed by atoms with Crippen LogP contribution < -0.4 is 5.56 Å². The fourth-order valence-corrected chi connectivity index (χ4v) is 3.47. The maximum atomic E-state index is 14.3. The number of aryl methyl sites for hydroxylation is 1. The minimum absolute atomic E-state index is 0.0403. The maximum absolute atomic E-state index is 14.3. The average molecular weight is 454 g/mol. The van der Waals surface area contributed by atoms with Crippen molar-refractivity contribution < 1.29 is 18.3 Å². The summed E-state index contributed by atoms with van der Waals surface area (Å²) in [5.41, 5.74) is -0.639. The first-order chi connectivity index (χ1) is 15.6. The Labute approximate surface area is 186 Å². The Hall–Kier alpha value is -4.02. The first-order valence-corrected chi connectivity index (χ1v) is 9.96. The standard InChI is InChI=1S/C22H20F2N6O3/c1-11-8-9-13-16(18-26-20(31)17(27-28-18)22(2,3)21(32)33-4)29-30(19(13)25-11)10-12-6-5-7-14(23)15(12)24/h5-9H,10H2,1-4H3,(H,26,28,31). The molecule has 0 radical (unpaired) electrons. The Morgan fingerprint density at radius 2 is 1.94 bits per heavy atom. The summed E-state index contributed by atoms with van der Waals surface area (Å²) in [6.45, 7) is 4.69. The average Bonchev–Trinajstić information content (AvgIpc) is 3.13. The number of halogens is 2. The molecule has 4 rings (SSSR count). The van der Waals surface area contributed by atoms with Gasteiger partial charge >= 0.3 is 5.97 Å². The quantitative estimate of drug-likeness (QED) is 0.461. The zero-order valence-electron chi connectivity index (χ0n) is 18.3. The van der Waals surface area contributed by atoms with E-state index in [0.29, 0.717) is 16.7 Å². The van der Waals surface area contributed by atoms with Gasteiger partial charge in [-0.15, -0.1) is 10.2 Å². The van der Waals surface area contributed by atoms with Crippen LogP contribution in [0.2, 0.25) is 0 Å². The molecule has 0 fully saturated rings. The third-order valence-corrected chi connectivity index (χ3v) is 5.30. The van der Waals surface area contributed by atoms with E-state index in [0.717, 1.165) is 6.07 Å². The van der Waals surface area contributed by atoms with Crippen molar-refractivity contribution in [3.63, 3.8) is 0 Å². The molecule has 3 heterocycles. The van der Waals surface area contributed by atoms with Gasteiger partial charge in [0.15, 0.2) is 23.1 Å². The van der Waals surface area contributed by atoms with E-state index in [1.54, 1.807) is 19.1 Å². The lowest BCUT2D eigenvalue weighted by molar-refractivity contribution is -0.146. The summed E-state index contributed by atoms with van der Waals surface area (Å²) < 4.78 is 34.1. The number of aromatic amines is 1. The first kappa shape index (κ1) is 22.2. The zero-order valence-corrected chi connectivity index (χ0v) is 18.3. The second-order valence-electron chi connectivity index (χ2n) is 8.01. The van der Waals surface area contributed by atoms with Gasteiger partial charge in [-0.1, -0.05) is 12.1 Å².